The molecule has 46 heavy (non-hydrogen) atoms. The number of primary amides is 1. The van der Waals surface area contributed by atoms with Crippen LogP contribution in [0.1, 0.15) is 46.5 Å². The summed E-state index contributed by atoms with van der Waals surface area (Å²) < 4.78 is 0. The standard InChI is InChI=1S/C26H42N8O12/c1-11(2)21(25(44)31-12(3)26(45)46)34-19(38)10-30-23(42)16(7-20(39)40)33-24(43)14(4-5-17(27)36)32-18(37)9-29-22(41)15-6-13(35)8-28-15/h11-16,21,28,35H,4-10H2,1-3H3,(H2,27,36)(H,29,41)(H,30,42)(H,31,44)(H,32,37)(H,33,43)(H,34,38)(H,39,40)(H,45,46)/t12-,13+,14-,15-,16-,21-/m0/s1. The van der Waals surface area contributed by atoms with Crippen molar-refractivity contribution in [3.63, 3.8) is 0 Å². The van der Waals surface area contributed by atoms with Gasteiger partial charge in [0, 0.05) is 13.0 Å². The van der Waals surface area contributed by atoms with Crippen LogP contribution in [0.2, 0.25) is 0 Å². The number of hydrogen-bond donors (Lipinski definition) is 11. The van der Waals surface area contributed by atoms with Crippen molar-refractivity contribution < 1.29 is 58.5 Å². The Labute approximate surface area is 263 Å². The van der Waals surface area contributed by atoms with Crippen LogP contribution in [0.4, 0.5) is 0 Å². The molecule has 0 radical (unpaired) electrons. The largest absolute Gasteiger partial charge is 0.481 e. The Bertz CT molecular complexity index is 1180. The predicted octanol–water partition coefficient (Wildman–Crippen LogP) is -5.62. The number of carbonyl (C=O) groups is 9. The normalized spacial score (nSPS) is 18.2. The zero-order chi connectivity index (χ0) is 35.1. The Morgan fingerprint density at radius 3 is 1.93 bits per heavy atom. The molecule has 1 saturated heterocycles. The van der Waals surface area contributed by atoms with Crippen molar-refractivity contribution in [3.05, 3.63) is 0 Å². The van der Waals surface area contributed by atoms with Crippen LogP contribution in [0.15, 0.2) is 0 Å². The summed E-state index contributed by atoms with van der Waals surface area (Å²) >= 11 is 0. The van der Waals surface area contributed by atoms with Crippen molar-refractivity contribution in [1.82, 2.24) is 37.2 Å². The fourth-order valence-electron chi connectivity index (χ4n) is 4.08. The lowest BCUT2D eigenvalue weighted by Gasteiger charge is -2.24. The molecule has 0 saturated carbocycles. The van der Waals surface area contributed by atoms with Crippen molar-refractivity contribution in [2.45, 2.75) is 82.8 Å². The second kappa shape index (κ2) is 18.8. The Morgan fingerprint density at radius 1 is 0.804 bits per heavy atom. The maximum atomic E-state index is 13.0. The fraction of sp³-hybridized carbons (Fsp3) is 0.654. The monoisotopic (exact) mass is 658 g/mol. The number of carboxylic acid groups (broad SMARTS) is 2. The second-order valence-corrected chi connectivity index (χ2v) is 10.9. The van der Waals surface area contributed by atoms with E-state index in [1.165, 1.54) is 6.92 Å². The maximum absolute atomic E-state index is 13.0. The number of aliphatic hydroxyl groups is 1. The summed E-state index contributed by atoms with van der Waals surface area (Å²) in [5.74, 6) is -9.46. The van der Waals surface area contributed by atoms with E-state index < -0.39 is 115 Å². The van der Waals surface area contributed by atoms with Crippen LogP contribution in [-0.4, -0.2) is 125 Å². The number of rotatable bonds is 19. The average molecular weight is 659 g/mol. The van der Waals surface area contributed by atoms with Crippen molar-refractivity contribution in [3.8, 4) is 0 Å². The molecule has 20 nitrogen and oxygen atoms in total. The van der Waals surface area contributed by atoms with Crippen LogP contribution < -0.4 is 43.0 Å². The van der Waals surface area contributed by atoms with Gasteiger partial charge in [-0.05, 0) is 25.7 Å². The van der Waals surface area contributed by atoms with E-state index in [-0.39, 0.29) is 25.8 Å². The zero-order valence-electron chi connectivity index (χ0n) is 25.6. The number of aliphatic carboxylic acids is 2. The molecule has 0 aromatic heterocycles. The maximum Gasteiger partial charge on any atom is 0.325 e. The third-order valence-electron chi connectivity index (χ3n) is 6.61. The van der Waals surface area contributed by atoms with Crippen LogP contribution in [0, 0.1) is 5.92 Å². The SMILES string of the molecule is CC(C)[C@H](NC(=O)CNC(=O)[C@H](CC(=O)O)NC(=O)[C@H](CCC(N)=O)NC(=O)CNC(=O)[C@@H]1C[C@@H](O)CN1)C(=O)N[C@@H](C)C(=O)O. The van der Waals surface area contributed by atoms with Gasteiger partial charge in [-0.3, -0.25) is 43.2 Å². The third-order valence-corrected chi connectivity index (χ3v) is 6.61. The van der Waals surface area contributed by atoms with E-state index in [1.54, 1.807) is 13.8 Å². The molecule has 6 atom stereocenters. The van der Waals surface area contributed by atoms with Gasteiger partial charge in [0.15, 0.2) is 0 Å². The van der Waals surface area contributed by atoms with Crippen LogP contribution >= 0.6 is 0 Å². The van der Waals surface area contributed by atoms with Crippen molar-refractivity contribution in [2.24, 2.45) is 11.7 Å². The summed E-state index contributed by atoms with van der Waals surface area (Å²) in [6.45, 7) is 3.22. The molecule has 1 rings (SSSR count). The van der Waals surface area contributed by atoms with E-state index in [1.807, 2.05) is 0 Å². The number of carboxylic acids is 2. The van der Waals surface area contributed by atoms with E-state index in [4.69, 9.17) is 10.8 Å². The molecule has 20 heteroatoms. The van der Waals surface area contributed by atoms with Crippen molar-refractivity contribution in [2.75, 3.05) is 19.6 Å². The molecule has 1 heterocycles. The molecule has 1 aliphatic rings. The molecule has 7 amide bonds. The number of nitrogens with one attached hydrogen (secondary N) is 7. The van der Waals surface area contributed by atoms with E-state index in [9.17, 15) is 53.4 Å². The summed E-state index contributed by atoms with van der Waals surface area (Å²) in [5, 5.41) is 44.0. The van der Waals surface area contributed by atoms with Gasteiger partial charge in [0.2, 0.25) is 41.4 Å². The third kappa shape index (κ3) is 14.3. The molecule has 258 valence electrons. The van der Waals surface area contributed by atoms with Crippen LogP contribution in [-0.2, 0) is 43.2 Å². The summed E-state index contributed by atoms with van der Waals surface area (Å²) in [6, 6.07) is -6.41. The average Bonchev–Trinajstić information content (AvgIpc) is 3.40. The number of carbonyl (C=O) groups excluding carboxylic acids is 7. The highest BCUT2D eigenvalue weighted by Gasteiger charge is 2.31. The van der Waals surface area contributed by atoms with Crippen molar-refractivity contribution >= 4 is 53.3 Å². The molecule has 0 aromatic carbocycles. The summed E-state index contributed by atoms with van der Waals surface area (Å²) in [4.78, 5) is 109. The van der Waals surface area contributed by atoms with Crippen LogP contribution in [0.25, 0.3) is 0 Å². The second-order valence-electron chi connectivity index (χ2n) is 10.9. The first-order valence-electron chi connectivity index (χ1n) is 14.3. The van der Waals surface area contributed by atoms with Gasteiger partial charge in [-0.25, -0.2) is 0 Å². The Hall–Kier alpha value is -4.85. The number of β-amino-alcohol motifs (C(OH)–C–C–N with tert-alkyl or cyclic N) is 1. The van der Waals surface area contributed by atoms with Gasteiger partial charge in [0.25, 0.3) is 0 Å². The van der Waals surface area contributed by atoms with E-state index in [0.717, 1.165) is 0 Å². The summed E-state index contributed by atoms with van der Waals surface area (Å²) in [7, 11) is 0. The highest BCUT2D eigenvalue weighted by molar-refractivity contribution is 5.96. The quantitative estimate of drug-likeness (QED) is 0.0617. The van der Waals surface area contributed by atoms with Crippen molar-refractivity contribution in [1.29, 1.82) is 0 Å². The molecule has 0 spiro atoms. The predicted molar refractivity (Wildman–Crippen MR) is 155 cm³/mol. The minimum atomic E-state index is -1.76. The molecule has 0 aliphatic carbocycles. The van der Waals surface area contributed by atoms with E-state index in [2.05, 4.69) is 37.2 Å². The molecule has 12 N–H and O–H groups in total. The smallest absolute Gasteiger partial charge is 0.325 e. The van der Waals surface area contributed by atoms with Crippen LogP contribution in [0.3, 0.4) is 0 Å². The van der Waals surface area contributed by atoms with E-state index >= 15 is 0 Å². The molecule has 0 bridgehead atoms. The topological polar surface area (TPSA) is 325 Å². The van der Waals surface area contributed by atoms with Gasteiger partial charge in [0.05, 0.1) is 31.7 Å². The first-order valence-corrected chi connectivity index (χ1v) is 14.3. The van der Waals surface area contributed by atoms with Gasteiger partial charge < -0.3 is 58.3 Å². The molecular formula is C26H42N8O12. The van der Waals surface area contributed by atoms with E-state index in [0.29, 0.717) is 0 Å². The minimum absolute atomic E-state index is 0.130. The molecule has 1 fully saturated rings. The highest BCUT2D eigenvalue weighted by Crippen LogP contribution is 2.06. The molecular weight excluding hydrogens is 616 g/mol. The number of nitrogens with two attached hydrogens (primary N) is 1. The van der Waals surface area contributed by atoms with Gasteiger partial charge in [0.1, 0.15) is 24.2 Å². The first-order chi connectivity index (χ1) is 21.4. The fourth-order valence-corrected chi connectivity index (χ4v) is 4.08. The zero-order valence-corrected chi connectivity index (χ0v) is 25.6. The lowest BCUT2D eigenvalue weighted by molar-refractivity contribution is -0.142. The van der Waals surface area contributed by atoms with Gasteiger partial charge >= 0.3 is 11.9 Å². The number of hydrogen-bond acceptors (Lipinski definition) is 11. The summed E-state index contributed by atoms with van der Waals surface area (Å²) in [5.41, 5.74) is 5.14. The Morgan fingerprint density at radius 2 is 1.41 bits per heavy atom. The Balaban J connectivity index is 2.85. The summed E-state index contributed by atoms with van der Waals surface area (Å²) in [6.07, 6.45) is -2.28. The minimum Gasteiger partial charge on any atom is -0.481 e. The Kier molecular flexibility index (Phi) is 16.0. The number of amides is 7. The lowest BCUT2D eigenvalue weighted by atomic mass is 10.0. The highest BCUT2D eigenvalue weighted by atomic mass is 16.4. The molecule has 0 aromatic rings. The molecule has 1 aliphatic heterocycles. The first kappa shape index (κ1) is 39.2. The molecule has 0 unspecified atom stereocenters. The van der Waals surface area contributed by atoms with Crippen LogP contribution in [0.5, 0.6) is 0 Å². The van der Waals surface area contributed by atoms with Gasteiger partial charge in [-0.1, -0.05) is 13.8 Å². The van der Waals surface area contributed by atoms with Gasteiger partial charge in [-0.15, -0.1) is 0 Å². The lowest BCUT2D eigenvalue weighted by Crippen LogP contribution is -2.57. The number of aliphatic hydroxyl groups excluding tert-OH is 1. The van der Waals surface area contributed by atoms with Gasteiger partial charge in [-0.2, -0.15) is 0 Å².